The average Bonchev–Trinajstić information content (AvgIpc) is 3.13. The van der Waals surface area contributed by atoms with Gasteiger partial charge in [0.25, 0.3) is 5.91 Å². The van der Waals surface area contributed by atoms with Crippen LogP contribution in [0.4, 0.5) is 4.79 Å². The van der Waals surface area contributed by atoms with Crippen LogP contribution in [0.3, 0.4) is 0 Å². The number of nitrogens with zero attached hydrogens (tertiary/aromatic N) is 2. The van der Waals surface area contributed by atoms with E-state index >= 15 is 0 Å². The molecule has 1 heterocycles. The molecule has 1 aliphatic heterocycles. The SMILES string of the molecule is CC(C)C[C@@H](C(=O)NN1C(=O)CN(Cc2ccccc2)C1=O)[C@H](CCCc1ccccc1)C(=O)NO. The van der Waals surface area contributed by atoms with Crippen molar-refractivity contribution < 1.29 is 24.4 Å². The molecule has 1 fully saturated rings. The minimum atomic E-state index is -0.836. The van der Waals surface area contributed by atoms with Gasteiger partial charge < -0.3 is 4.90 Å². The number of hydroxylamine groups is 1. The van der Waals surface area contributed by atoms with Gasteiger partial charge in [-0.2, -0.15) is 5.01 Å². The highest BCUT2D eigenvalue weighted by molar-refractivity contribution is 6.03. The average molecular weight is 495 g/mol. The van der Waals surface area contributed by atoms with Gasteiger partial charge in [0.05, 0.1) is 11.8 Å². The van der Waals surface area contributed by atoms with Crippen molar-refractivity contribution in [3.05, 3.63) is 71.8 Å². The van der Waals surface area contributed by atoms with E-state index in [9.17, 15) is 24.4 Å². The number of hydrogen-bond acceptors (Lipinski definition) is 5. The van der Waals surface area contributed by atoms with Gasteiger partial charge in [0.1, 0.15) is 6.54 Å². The molecule has 9 nitrogen and oxygen atoms in total. The highest BCUT2D eigenvalue weighted by Gasteiger charge is 2.40. The number of carbonyl (C=O) groups is 4. The number of urea groups is 1. The summed E-state index contributed by atoms with van der Waals surface area (Å²) in [5.74, 6) is -3.40. The van der Waals surface area contributed by atoms with Crippen molar-refractivity contribution in [1.29, 1.82) is 0 Å². The summed E-state index contributed by atoms with van der Waals surface area (Å²) in [4.78, 5) is 52.8. The van der Waals surface area contributed by atoms with Gasteiger partial charge in [0, 0.05) is 6.54 Å². The van der Waals surface area contributed by atoms with Gasteiger partial charge in [0.15, 0.2) is 0 Å². The van der Waals surface area contributed by atoms with Crippen LogP contribution in [0, 0.1) is 17.8 Å². The highest BCUT2D eigenvalue weighted by Crippen LogP contribution is 2.27. The quantitative estimate of drug-likeness (QED) is 0.238. The minimum absolute atomic E-state index is 0.0587. The second kappa shape index (κ2) is 12.8. The summed E-state index contributed by atoms with van der Waals surface area (Å²) in [6.45, 7) is 3.93. The molecular formula is C27H34N4O5. The van der Waals surface area contributed by atoms with E-state index in [0.717, 1.165) is 16.1 Å². The van der Waals surface area contributed by atoms with Gasteiger partial charge in [-0.25, -0.2) is 10.3 Å². The Bertz CT molecular complexity index is 1040. The Kier molecular flexibility index (Phi) is 9.58. The minimum Gasteiger partial charge on any atom is -0.309 e. The van der Waals surface area contributed by atoms with Crippen LogP contribution in [-0.2, 0) is 27.3 Å². The van der Waals surface area contributed by atoms with Crippen LogP contribution in [0.25, 0.3) is 0 Å². The number of imide groups is 1. The van der Waals surface area contributed by atoms with Gasteiger partial charge in [-0.1, -0.05) is 74.5 Å². The first-order chi connectivity index (χ1) is 17.3. The maximum atomic E-state index is 13.3. The second-order valence-corrected chi connectivity index (χ2v) is 9.53. The maximum absolute atomic E-state index is 13.3. The van der Waals surface area contributed by atoms with Gasteiger partial charge in [0.2, 0.25) is 11.8 Å². The van der Waals surface area contributed by atoms with Crippen molar-refractivity contribution in [2.24, 2.45) is 17.8 Å². The van der Waals surface area contributed by atoms with Crippen LogP contribution in [-0.4, -0.2) is 45.4 Å². The van der Waals surface area contributed by atoms with Crippen molar-refractivity contribution >= 4 is 23.8 Å². The first-order valence-corrected chi connectivity index (χ1v) is 12.2. The third-order valence-corrected chi connectivity index (χ3v) is 6.29. The standard InChI is InChI=1S/C27H34N4O5/c1-19(2)16-23(22(26(34)29-36)15-9-14-20-10-5-3-6-11-20)25(33)28-31-24(32)18-30(27(31)35)17-21-12-7-4-8-13-21/h3-8,10-13,19,22-23,36H,9,14-18H2,1-2H3,(H,28,33)(H,29,34)/t22-,23+/m0/s1. The zero-order valence-electron chi connectivity index (χ0n) is 20.7. The molecule has 0 bridgehead atoms. The number of hydrazine groups is 1. The Balaban J connectivity index is 1.70. The fraction of sp³-hybridized carbons (Fsp3) is 0.407. The number of aryl methyl sites for hydroxylation is 1. The molecule has 2 aromatic carbocycles. The molecule has 9 heteroatoms. The summed E-state index contributed by atoms with van der Waals surface area (Å²) in [5.41, 5.74) is 6.12. The number of nitrogens with one attached hydrogen (secondary N) is 2. The molecule has 0 unspecified atom stereocenters. The molecule has 2 atom stereocenters. The lowest BCUT2D eigenvalue weighted by Crippen LogP contribution is -2.51. The maximum Gasteiger partial charge on any atom is 0.346 e. The topological polar surface area (TPSA) is 119 Å². The number of carbonyl (C=O) groups excluding carboxylic acids is 4. The second-order valence-electron chi connectivity index (χ2n) is 9.53. The molecule has 0 aromatic heterocycles. The van der Waals surface area contributed by atoms with Gasteiger partial charge in [-0.3, -0.25) is 25.0 Å². The first-order valence-electron chi connectivity index (χ1n) is 12.2. The fourth-order valence-corrected chi connectivity index (χ4v) is 4.51. The van der Waals surface area contributed by atoms with E-state index in [1.807, 2.05) is 74.5 Å². The molecule has 1 aliphatic rings. The normalized spacial score (nSPS) is 15.2. The molecular weight excluding hydrogens is 460 g/mol. The van der Waals surface area contributed by atoms with Crippen LogP contribution < -0.4 is 10.9 Å². The van der Waals surface area contributed by atoms with E-state index in [2.05, 4.69) is 5.43 Å². The van der Waals surface area contributed by atoms with Crippen molar-refractivity contribution in [1.82, 2.24) is 20.8 Å². The van der Waals surface area contributed by atoms with Crippen LogP contribution in [0.15, 0.2) is 60.7 Å². The van der Waals surface area contributed by atoms with Crippen LogP contribution in [0.1, 0.15) is 44.2 Å². The smallest absolute Gasteiger partial charge is 0.309 e. The van der Waals surface area contributed by atoms with Crippen LogP contribution in [0.5, 0.6) is 0 Å². The van der Waals surface area contributed by atoms with Crippen molar-refractivity contribution in [3.63, 3.8) is 0 Å². The lowest BCUT2D eigenvalue weighted by Gasteiger charge is -2.28. The van der Waals surface area contributed by atoms with E-state index in [1.54, 1.807) is 5.48 Å². The zero-order valence-corrected chi connectivity index (χ0v) is 20.7. The van der Waals surface area contributed by atoms with E-state index in [4.69, 9.17) is 0 Å². The zero-order chi connectivity index (χ0) is 26.1. The molecule has 0 spiro atoms. The van der Waals surface area contributed by atoms with E-state index in [0.29, 0.717) is 25.7 Å². The third-order valence-electron chi connectivity index (χ3n) is 6.29. The summed E-state index contributed by atoms with van der Waals surface area (Å²) < 4.78 is 0. The molecule has 3 rings (SSSR count). The Morgan fingerprint density at radius 2 is 1.53 bits per heavy atom. The van der Waals surface area contributed by atoms with Crippen LogP contribution >= 0.6 is 0 Å². The Hall–Kier alpha value is -3.72. The predicted octanol–water partition coefficient (Wildman–Crippen LogP) is 3.29. The molecule has 36 heavy (non-hydrogen) atoms. The summed E-state index contributed by atoms with van der Waals surface area (Å²) in [6, 6.07) is 18.4. The Morgan fingerprint density at radius 3 is 2.11 bits per heavy atom. The van der Waals surface area contributed by atoms with Crippen molar-refractivity contribution in [2.45, 2.75) is 46.1 Å². The number of rotatable bonds is 12. The summed E-state index contributed by atoms with van der Waals surface area (Å²) >= 11 is 0. The number of benzene rings is 2. The summed E-state index contributed by atoms with van der Waals surface area (Å²) in [7, 11) is 0. The molecule has 0 aliphatic carbocycles. The molecule has 0 radical (unpaired) electrons. The summed E-state index contributed by atoms with van der Waals surface area (Å²) in [6.07, 6.45) is 2.04. The molecule has 5 amide bonds. The Labute approximate surface area is 211 Å². The predicted molar refractivity (Wildman–Crippen MR) is 133 cm³/mol. The molecule has 0 saturated carbocycles. The van der Waals surface area contributed by atoms with Gasteiger partial charge in [-0.05, 0) is 42.7 Å². The lowest BCUT2D eigenvalue weighted by molar-refractivity contribution is -0.144. The first kappa shape index (κ1) is 26.9. The number of hydrogen-bond donors (Lipinski definition) is 3. The van der Waals surface area contributed by atoms with Crippen molar-refractivity contribution in [2.75, 3.05) is 6.54 Å². The summed E-state index contributed by atoms with van der Waals surface area (Å²) in [5, 5.41) is 10.1. The number of amides is 5. The molecule has 192 valence electrons. The third kappa shape index (κ3) is 7.14. The molecule has 3 N–H and O–H groups in total. The largest absolute Gasteiger partial charge is 0.346 e. The highest BCUT2D eigenvalue weighted by atomic mass is 16.5. The van der Waals surface area contributed by atoms with E-state index in [-0.39, 0.29) is 19.0 Å². The Morgan fingerprint density at radius 1 is 0.917 bits per heavy atom. The van der Waals surface area contributed by atoms with Gasteiger partial charge >= 0.3 is 6.03 Å². The van der Waals surface area contributed by atoms with E-state index in [1.165, 1.54) is 4.90 Å². The monoisotopic (exact) mass is 494 g/mol. The van der Waals surface area contributed by atoms with Crippen molar-refractivity contribution in [3.8, 4) is 0 Å². The van der Waals surface area contributed by atoms with Crippen LogP contribution in [0.2, 0.25) is 0 Å². The van der Waals surface area contributed by atoms with E-state index < -0.39 is 35.6 Å². The fourth-order valence-electron chi connectivity index (χ4n) is 4.51. The van der Waals surface area contributed by atoms with Gasteiger partial charge in [-0.15, -0.1) is 0 Å². The molecule has 2 aromatic rings. The lowest BCUT2D eigenvalue weighted by atomic mass is 9.81. The molecule has 1 saturated heterocycles.